The Morgan fingerprint density at radius 2 is 1.91 bits per heavy atom. The Labute approximate surface area is 138 Å². The van der Waals surface area contributed by atoms with Crippen molar-refractivity contribution in [3.63, 3.8) is 0 Å². The molecule has 0 bridgehead atoms. The van der Waals surface area contributed by atoms with Crippen molar-refractivity contribution >= 4 is 38.1 Å². The molecule has 23 heavy (non-hydrogen) atoms. The van der Waals surface area contributed by atoms with Crippen LogP contribution >= 0.6 is 11.6 Å². The minimum absolute atomic E-state index is 0.141. The van der Waals surface area contributed by atoms with Crippen molar-refractivity contribution < 1.29 is 30.0 Å². The van der Waals surface area contributed by atoms with E-state index in [0.717, 1.165) is 19.2 Å². The number of hydrogen-bond donors (Lipinski definition) is 1. The highest BCUT2D eigenvalue weighted by Crippen LogP contribution is 2.46. The molecule has 1 N–H and O–H groups in total. The number of nitrogens with one attached hydrogen (secondary N) is 1. The molecule has 0 aliphatic carbocycles. The van der Waals surface area contributed by atoms with Gasteiger partial charge in [-0.05, 0) is 18.6 Å². The molecule has 0 atom stereocenters. The third-order valence-corrected chi connectivity index (χ3v) is 5.65. The summed E-state index contributed by atoms with van der Waals surface area (Å²) in [5, 5.41) is 2.25. The van der Waals surface area contributed by atoms with Crippen molar-refractivity contribution in [2.24, 2.45) is 0 Å². The van der Waals surface area contributed by atoms with Crippen molar-refractivity contribution in [1.29, 1.82) is 0 Å². The number of fused-ring (bicyclic) bond motifs is 1. The molecule has 1 aromatic carbocycles. The number of urea groups is 1. The fraction of sp³-hybridized carbons (Fsp3) is 0.364. The number of hydrogen-bond acceptors (Lipinski definition) is 7. The number of rotatable bonds is 4. The molecule has 2 amide bonds. The van der Waals surface area contributed by atoms with Gasteiger partial charge in [0.05, 0.1) is 5.02 Å². The average Bonchev–Trinajstić information content (AvgIpc) is 2.79. The first-order chi connectivity index (χ1) is 10.6. The minimum atomic E-state index is -4.44. The number of carbonyl (C=O) groups is 1. The molecular formula is C11H13ClN2O7S2. The molecule has 0 unspecified atom stereocenters. The second-order valence-corrected chi connectivity index (χ2v) is 7.98. The SMILES string of the molecule is CCCNC(=O)N(C)S(=O)(=O)c1ccc(Cl)c2c1OS(=O)(=O)O2. The Bertz CT molecular complexity index is 851. The molecule has 0 spiro atoms. The van der Waals surface area contributed by atoms with Crippen molar-refractivity contribution in [1.82, 2.24) is 9.62 Å². The van der Waals surface area contributed by atoms with Gasteiger partial charge in [-0.25, -0.2) is 17.5 Å². The highest BCUT2D eigenvalue weighted by atomic mass is 35.5. The molecule has 1 heterocycles. The Morgan fingerprint density at radius 1 is 1.30 bits per heavy atom. The number of sulfonamides is 1. The van der Waals surface area contributed by atoms with Crippen LogP contribution in [0.4, 0.5) is 4.79 Å². The number of benzene rings is 1. The van der Waals surface area contributed by atoms with Crippen molar-refractivity contribution in [3.8, 4) is 11.5 Å². The lowest BCUT2D eigenvalue weighted by molar-refractivity contribution is 0.228. The second-order valence-electron chi connectivity index (χ2n) is 4.48. The monoisotopic (exact) mass is 384 g/mol. The van der Waals surface area contributed by atoms with E-state index in [1.807, 2.05) is 0 Å². The quantitative estimate of drug-likeness (QED) is 0.825. The largest absolute Gasteiger partial charge is 0.501 e. The van der Waals surface area contributed by atoms with Gasteiger partial charge in [-0.1, -0.05) is 18.5 Å². The van der Waals surface area contributed by atoms with Gasteiger partial charge in [0.25, 0.3) is 10.0 Å². The summed E-state index contributed by atoms with van der Waals surface area (Å²) in [6.45, 7) is 2.09. The first kappa shape index (κ1) is 17.6. The van der Waals surface area contributed by atoms with E-state index < -0.39 is 42.8 Å². The summed E-state index contributed by atoms with van der Waals surface area (Å²) in [4.78, 5) is 11.3. The minimum Gasteiger partial charge on any atom is -0.347 e. The molecule has 1 aliphatic rings. The molecule has 0 saturated carbocycles. The first-order valence-corrected chi connectivity index (χ1v) is 9.48. The summed E-state index contributed by atoms with van der Waals surface area (Å²) in [6.07, 6.45) is 0.616. The lowest BCUT2D eigenvalue weighted by Crippen LogP contribution is -2.41. The number of carbonyl (C=O) groups excluding carboxylic acids is 1. The molecule has 0 aromatic heterocycles. The Balaban J connectivity index is 2.47. The summed E-state index contributed by atoms with van der Waals surface area (Å²) >= 11 is 5.77. The van der Waals surface area contributed by atoms with Crippen LogP contribution in [-0.4, -0.2) is 40.8 Å². The third-order valence-electron chi connectivity index (χ3n) is 2.85. The van der Waals surface area contributed by atoms with E-state index in [9.17, 15) is 21.6 Å². The number of nitrogens with zero attached hydrogens (tertiary/aromatic N) is 1. The maximum absolute atomic E-state index is 12.5. The molecule has 0 saturated heterocycles. The molecule has 12 heteroatoms. The Hall–Kier alpha value is -1.72. The van der Waals surface area contributed by atoms with Crippen LogP contribution in [0.15, 0.2) is 17.0 Å². The smallest absolute Gasteiger partial charge is 0.347 e. The highest BCUT2D eigenvalue weighted by Gasteiger charge is 2.39. The van der Waals surface area contributed by atoms with E-state index in [-0.39, 0.29) is 11.6 Å². The third kappa shape index (κ3) is 3.31. The molecule has 0 fully saturated rings. The first-order valence-electron chi connectivity index (χ1n) is 6.33. The van der Waals surface area contributed by atoms with Gasteiger partial charge in [-0.3, -0.25) is 0 Å². The maximum atomic E-state index is 12.5. The molecular weight excluding hydrogens is 372 g/mol. The van der Waals surface area contributed by atoms with Crippen molar-refractivity contribution in [2.45, 2.75) is 18.2 Å². The molecule has 1 aliphatic heterocycles. The fourth-order valence-corrected chi connectivity index (χ4v) is 3.95. The summed E-state index contributed by atoms with van der Waals surface area (Å²) in [5.74, 6) is -1.01. The number of amides is 2. The van der Waals surface area contributed by atoms with E-state index in [0.29, 0.717) is 10.7 Å². The van der Waals surface area contributed by atoms with Gasteiger partial charge < -0.3 is 13.7 Å². The maximum Gasteiger partial charge on any atom is 0.501 e. The molecule has 2 rings (SSSR count). The average molecular weight is 385 g/mol. The van der Waals surface area contributed by atoms with Gasteiger partial charge >= 0.3 is 16.4 Å². The topological polar surface area (TPSA) is 119 Å². The zero-order valence-corrected chi connectivity index (χ0v) is 14.5. The normalized spacial score (nSPS) is 15.3. The van der Waals surface area contributed by atoms with Crippen LogP contribution in [-0.2, 0) is 20.4 Å². The van der Waals surface area contributed by atoms with Gasteiger partial charge in [-0.2, -0.15) is 0 Å². The second kappa shape index (κ2) is 6.06. The lowest BCUT2D eigenvalue weighted by atomic mass is 10.3. The van der Waals surface area contributed by atoms with Crippen LogP contribution in [0.3, 0.4) is 0 Å². The molecule has 9 nitrogen and oxygen atoms in total. The predicted molar refractivity (Wildman–Crippen MR) is 80.3 cm³/mol. The Morgan fingerprint density at radius 3 is 2.52 bits per heavy atom. The highest BCUT2D eigenvalue weighted by molar-refractivity contribution is 7.90. The lowest BCUT2D eigenvalue weighted by Gasteiger charge is -2.18. The van der Waals surface area contributed by atoms with Gasteiger partial charge in [0, 0.05) is 13.6 Å². The van der Waals surface area contributed by atoms with E-state index in [1.54, 1.807) is 6.92 Å². The molecule has 128 valence electrons. The van der Waals surface area contributed by atoms with Gasteiger partial charge in [-0.15, -0.1) is 8.42 Å². The van der Waals surface area contributed by atoms with Gasteiger partial charge in [0.1, 0.15) is 4.90 Å². The predicted octanol–water partition coefficient (Wildman–Crippen LogP) is 1.10. The van der Waals surface area contributed by atoms with Crippen LogP contribution in [0.25, 0.3) is 0 Å². The van der Waals surface area contributed by atoms with Crippen LogP contribution in [0.5, 0.6) is 11.5 Å². The van der Waals surface area contributed by atoms with Crippen LogP contribution in [0.2, 0.25) is 5.02 Å². The van der Waals surface area contributed by atoms with E-state index in [4.69, 9.17) is 11.6 Å². The van der Waals surface area contributed by atoms with Crippen LogP contribution < -0.4 is 13.7 Å². The zero-order valence-electron chi connectivity index (χ0n) is 12.1. The van der Waals surface area contributed by atoms with Crippen LogP contribution in [0.1, 0.15) is 13.3 Å². The van der Waals surface area contributed by atoms with E-state index >= 15 is 0 Å². The molecule has 1 aromatic rings. The van der Waals surface area contributed by atoms with Crippen LogP contribution in [0, 0.1) is 0 Å². The van der Waals surface area contributed by atoms with Gasteiger partial charge in [0.15, 0.2) is 0 Å². The summed E-state index contributed by atoms with van der Waals surface area (Å²) in [7, 11) is -7.77. The van der Waals surface area contributed by atoms with Gasteiger partial charge in [0.2, 0.25) is 11.5 Å². The Kier molecular flexibility index (Phi) is 4.64. The van der Waals surface area contributed by atoms with Crippen molar-refractivity contribution in [3.05, 3.63) is 17.2 Å². The van der Waals surface area contributed by atoms with E-state index in [2.05, 4.69) is 13.7 Å². The molecule has 0 radical (unpaired) electrons. The summed E-state index contributed by atoms with van der Waals surface area (Å²) in [5.41, 5.74) is 0. The van der Waals surface area contributed by atoms with Crippen molar-refractivity contribution in [2.75, 3.05) is 13.6 Å². The zero-order chi connectivity index (χ0) is 17.4. The standard InChI is InChI=1S/C11H13ClN2O7S2/c1-3-6-13-11(15)14(2)22(16,17)8-5-4-7(12)9-10(8)21-23(18,19)20-9/h4-5H,3,6H2,1-2H3,(H,13,15). The number of halogens is 1. The van der Waals surface area contributed by atoms with E-state index in [1.165, 1.54) is 0 Å². The fourth-order valence-electron chi connectivity index (χ4n) is 1.70. The summed E-state index contributed by atoms with van der Waals surface area (Å²) < 4.78 is 57.2. The summed E-state index contributed by atoms with van der Waals surface area (Å²) in [6, 6.07) is 1.30.